The Morgan fingerprint density at radius 3 is 2.53 bits per heavy atom. The number of hydrogen-bond acceptors (Lipinski definition) is 1. The SMILES string of the molecule is C=Cc1c(C)cc2c(c1C=C)-c1ccc(CC(C)C3=CCCc4sc5ccccc5c43)cc1C2(C)C. The Morgan fingerprint density at radius 1 is 0.972 bits per heavy atom. The zero-order valence-corrected chi connectivity index (χ0v) is 22.7. The molecule has 1 atom stereocenters. The number of aryl methyl sites for hydroxylation is 2. The summed E-state index contributed by atoms with van der Waals surface area (Å²) in [6.07, 6.45) is 9.89. The summed E-state index contributed by atoms with van der Waals surface area (Å²) in [5, 5.41) is 1.44. The third-order valence-electron chi connectivity index (χ3n) is 8.49. The Hall–Kier alpha value is -3.16. The molecule has 1 unspecified atom stereocenters. The average molecular weight is 487 g/mol. The van der Waals surface area contributed by atoms with Crippen LogP contribution in [0.2, 0.25) is 0 Å². The summed E-state index contributed by atoms with van der Waals surface area (Å²) in [5.41, 5.74) is 13.7. The van der Waals surface area contributed by atoms with Crippen molar-refractivity contribution in [3.05, 3.63) is 112 Å². The first-order chi connectivity index (χ1) is 17.3. The van der Waals surface area contributed by atoms with Gasteiger partial charge in [-0.15, -0.1) is 11.3 Å². The van der Waals surface area contributed by atoms with Crippen LogP contribution in [0.4, 0.5) is 0 Å². The van der Waals surface area contributed by atoms with Crippen molar-refractivity contribution in [3.63, 3.8) is 0 Å². The Labute approximate surface area is 219 Å². The van der Waals surface area contributed by atoms with Crippen molar-refractivity contribution < 1.29 is 0 Å². The van der Waals surface area contributed by atoms with Gasteiger partial charge < -0.3 is 0 Å². The van der Waals surface area contributed by atoms with Crippen LogP contribution in [-0.4, -0.2) is 0 Å². The van der Waals surface area contributed by atoms with Crippen LogP contribution in [0.3, 0.4) is 0 Å². The van der Waals surface area contributed by atoms with Gasteiger partial charge in [0.25, 0.3) is 0 Å². The lowest BCUT2D eigenvalue weighted by molar-refractivity contribution is 0.656. The quantitative estimate of drug-likeness (QED) is 0.263. The van der Waals surface area contributed by atoms with Gasteiger partial charge in [-0.2, -0.15) is 0 Å². The predicted octanol–water partition coefficient (Wildman–Crippen LogP) is 10.0. The van der Waals surface area contributed by atoms with Gasteiger partial charge in [-0.3, -0.25) is 0 Å². The fraction of sp³-hybridized carbons (Fsp3) is 0.257. The van der Waals surface area contributed by atoms with Gasteiger partial charge >= 0.3 is 0 Å². The van der Waals surface area contributed by atoms with Crippen molar-refractivity contribution in [1.29, 1.82) is 0 Å². The van der Waals surface area contributed by atoms with Crippen molar-refractivity contribution in [2.24, 2.45) is 5.92 Å². The van der Waals surface area contributed by atoms with Crippen molar-refractivity contribution in [2.75, 3.05) is 0 Å². The van der Waals surface area contributed by atoms with E-state index in [9.17, 15) is 0 Å². The normalized spacial score (nSPS) is 16.2. The summed E-state index contributed by atoms with van der Waals surface area (Å²) in [4.78, 5) is 1.57. The first kappa shape index (κ1) is 23.3. The fourth-order valence-corrected chi connectivity index (χ4v) is 7.93. The molecule has 2 aliphatic rings. The topological polar surface area (TPSA) is 0 Å². The van der Waals surface area contributed by atoms with Crippen LogP contribution in [-0.2, 0) is 18.3 Å². The third-order valence-corrected chi connectivity index (χ3v) is 9.72. The van der Waals surface area contributed by atoms with Gasteiger partial charge in [0.05, 0.1) is 0 Å². The molecule has 1 heterocycles. The molecule has 0 amide bonds. The second kappa shape index (κ2) is 8.46. The van der Waals surface area contributed by atoms with Gasteiger partial charge in [-0.25, -0.2) is 0 Å². The van der Waals surface area contributed by atoms with E-state index >= 15 is 0 Å². The lowest BCUT2D eigenvalue weighted by Crippen LogP contribution is -2.16. The zero-order valence-electron chi connectivity index (χ0n) is 21.9. The van der Waals surface area contributed by atoms with Crippen molar-refractivity contribution in [1.82, 2.24) is 0 Å². The van der Waals surface area contributed by atoms with E-state index in [1.807, 2.05) is 23.5 Å². The Balaban J connectivity index is 1.39. The molecule has 0 saturated heterocycles. The van der Waals surface area contributed by atoms with Crippen LogP contribution in [0, 0.1) is 12.8 Å². The van der Waals surface area contributed by atoms with E-state index in [-0.39, 0.29) is 5.41 Å². The second-order valence-electron chi connectivity index (χ2n) is 11.1. The molecule has 36 heavy (non-hydrogen) atoms. The molecular formula is C35H34S. The summed E-state index contributed by atoms with van der Waals surface area (Å²) in [5.74, 6) is 0.477. The van der Waals surface area contributed by atoms with Crippen LogP contribution in [0.1, 0.15) is 71.0 Å². The van der Waals surface area contributed by atoms with Crippen molar-refractivity contribution >= 4 is 39.1 Å². The van der Waals surface area contributed by atoms with Gasteiger partial charge in [-0.1, -0.05) is 94.6 Å². The molecule has 0 spiro atoms. The van der Waals surface area contributed by atoms with Gasteiger partial charge in [0.2, 0.25) is 0 Å². The number of benzene rings is 3. The average Bonchev–Trinajstić information content (AvgIpc) is 3.36. The summed E-state index contributed by atoms with van der Waals surface area (Å²) < 4.78 is 1.42. The van der Waals surface area contributed by atoms with Gasteiger partial charge in [0.1, 0.15) is 0 Å². The van der Waals surface area contributed by atoms with E-state index in [0.29, 0.717) is 5.92 Å². The molecule has 1 heteroatoms. The van der Waals surface area contributed by atoms with E-state index in [1.54, 1.807) is 4.88 Å². The molecule has 0 radical (unpaired) electrons. The summed E-state index contributed by atoms with van der Waals surface area (Å²) >= 11 is 1.99. The van der Waals surface area contributed by atoms with E-state index in [4.69, 9.17) is 0 Å². The van der Waals surface area contributed by atoms with Crippen LogP contribution in [0.5, 0.6) is 0 Å². The molecule has 0 fully saturated rings. The monoisotopic (exact) mass is 486 g/mol. The standard InChI is InChI=1S/C35H34S/c1-7-24-22(4)19-30-33(25(24)8-2)27-17-16-23(20-29(27)35(30,5)6)18-21(3)26-13-11-15-32-34(26)28-12-9-10-14-31(28)36-32/h7-10,12-14,16-17,19-21H,1-2,11,15,18H2,3-6H3. The number of thiophene rings is 1. The van der Waals surface area contributed by atoms with Crippen LogP contribution in [0.15, 0.2) is 67.8 Å². The van der Waals surface area contributed by atoms with Gasteiger partial charge in [0, 0.05) is 20.4 Å². The molecule has 0 saturated carbocycles. The van der Waals surface area contributed by atoms with E-state index in [2.05, 4.69) is 95.5 Å². The van der Waals surface area contributed by atoms with Crippen LogP contribution < -0.4 is 0 Å². The summed E-state index contributed by atoms with van der Waals surface area (Å²) in [7, 11) is 0. The molecular weight excluding hydrogens is 452 g/mol. The highest BCUT2D eigenvalue weighted by atomic mass is 32.1. The number of allylic oxidation sites excluding steroid dienone is 2. The maximum atomic E-state index is 4.17. The Kier molecular flexibility index (Phi) is 5.46. The van der Waals surface area contributed by atoms with E-state index in [1.165, 1.54) is 72.2 Å². The molecule has 1 aromatic heterocycles. The van der Waals surface area contributed by atoms with Crippen molar-refractivity contribution in [3.8, 4) is 11.1 Å². The smallest absolute Gasteiger partial charge is 0.0352 e. The minimum atomic E-state index is -0.0348. The highest BCUT2D eigenvalue weighted by Crippen LogP contribution is 2.52. The number of rotatable bonds is 5. The van der Waals surface area contributed by atoms with Gasteiger partial charge in [0.15, 0.2) is 0 Å². The predicted molar refractivity (Wildman–Crippen MR) is 160 cm³/mol. The Morgan fingerprint density at radius 2 is 1.75 bits per heavy atom. The molecule has 0 bridgehead atoms. The van der Waals surface area contributed by atoms with Crippen LogP contribution in [0.25, 0.3) is 38.9 Å². The molecule has 3 aromatic carbocycles. The van der Waals surface area contributed by atoms with Gasteiger partial charge in [-0.05, 0) is 93.8 Å². The molecule has 0 aliphatic heterocycles. The van der Waals surface area contributed by atoms with Crippen LogP contribution >= 0.6 is 11.3 Å². The lowest BCUT2D eigenvalue weighted by Gasteiger charge is -2.24. The lowest BCUT2D eigenvalue weighted by atomic mass is 9.79. The number of hydrogen-bond donors (Lipinski definition) is 0. The number of fused-ring (bicyclic) bond motifs is 6. The molecule has 0 nitrogen and oxygen atoms in total. The second-order valence-corrected chi connectivity index (χ2v) is 12.2. The summed E-state index contributed by atoms with van der Waals surface area (Å²) in [6, 6.07) is 18.5. The summed E-state index contributed by atoms with van der Waals surface area (Å²) in [6.45, 7) is 17.6. The minimum Gasteiger partial charge on any atom is -0.140 e. The highest BCUT2D eigenvalue weighted by molar-refractivity contribution is 7.19. The highest BCUT2D eigenvalue weighted by Gasteiger charge is 2.37. The molecule has 180 valence electrons. The first-order valence-electron chi connectivity index (χ1n) is 13.1. The molecule has 2 aliphatic carbocycles. The van der Waals surface area contributed by atoms with E-state index < -0.39 is 0 Å². The van der Waals surface area contributed by atoms with Crippen molar-refractivity contribution in [2.45, 2.75) is 52.4 Å². The molecule has 0 N–H and O–H groups in total. The third kappa shape index (κ3) is 3.33. The molecule has 4 aromatic rings. The Bertz CT molecular complexity index is 1590. The first-order valence-corrected chi connectivity index (χ1v) is 13.9. The maximum absolute atomic E-state index is 4.17. The van der Waals surface area contributed by atoms with E-state index in [0.717, 1.165) is 12.8 Å². The molecule has 6 rings (SSSR count). The largest absolute Gasteiger partial charge is 0.140 e. The fourth-order valence-electron chi connectivity index (χ4n) is 6.68. The minimum absolute atomic E-state index is 0.0348. The zero-order chi connectivity index (χ0) is 25.2. The maximum Gasteiger partial charge on any atom is 0.0352 e.